The van der Waals surface area contributed by atoms with Gasteiger partial charge in [-0.1, -0.05) is 54.0 Å². The lowest BCUT2D eigenvalue weighted by molar-refractivity contribution is 0.103. The van der Waals surface area contributed by atoms with E-state index in [4.69, 9.17) is 0 Å². The van der Waals surface area contributed by atoms with Crippen molar-refractivity contribution in [2.45, 2.75) is 20.3 Å². The Morgan fingerprint density at radius 1 is 0.947 bits per heavy atom. The first-order valence-electron chi connectivity index (χ1n) is 6.45. The highest BCUT2D eigenvalue weighted by molar-refractivity contribution is 9.10. The minimum atomic E-state index is 0.0728. The van der Waals surface area contributed by atoms with Gasteiger partial charge < -0.3 is 0 Å². The second-order valence-electron chi connectivity index (χ2n) is 5.13. The fourth-order valence-corrected chi connectivity index (χ4v) is 2.30. The molecule has 2 heteroatoms. The Kier molecular flexibility index (Phi) is 4.54. The van der Waals surface area contributed by atoms with Crippen LogP contribution in [0.25, 0.3) is 0 Å². The fourth-order valence-electron chi connectivity index (χ4n) is 2.03. The number of benzene rings is 2. The molecule has 0 radical (unpaired) electrons. The highest BCUT2D eigenvalue weighted by Gasteiger charge is 2.08. The monoisotopic (exact) mass is 316 g/mol. The lowest BCUT2D eigenvalue weighted by atomic mass is 9.98. The van der Waals surface area contributed by atoms with Crippen LogP contribution in [0.1, 0.15) is 35.3 Å². The molecule has 0 unspecified atom stereocenters. The SMILES string of the molecule is CC(C)Cc1ccc(C(=O)c2ccc(Br)cc2)cc1. The Hall–Kier alpha value is -1.41. The molecule has 2 aromatic rings. The van der Waals surface area contributed by atoms with Crippen LogP contribution in [0.4, 0.5) is 0 Å². The summed E-state index contributed by atoms with van der Waals surface area (Å²) in [5.41, 5.74) is 2.75. The van der Waals surface area contributed by atoms with E-state index in [1.54, 1.807) is 0 Å². The molecule has 0 saturated carbocycles. The molecule has 0 fully saturated rings. The second-order valence-corrected chi connectivity index (χ2v) is 6.05. The minimum absolute atomic E-state index is 0.0728. The van der Waals surface area contributed by atoms with Crippen LogP contribution in [0.15, 0.2) is 53.0 Å². The molecule has 0 aromatic heterocycles. The van der Waals surface area contributed by atoms with Gasteiger partial charge in [0, 0.05) is 15.6 Å². The molecule has 1 nitrogen and oxygen atoms in total. The van der Waals surface area contributed by atoms with Gasteiger partial charge in [-0.2, -0.15) is 0 Å². The van der Waals surface area contributed by atoms with Gasteiger partial charge in [-0.05, 0) is 42.2 Å². The summed E-state index contributed by atoms with van der Waals surface area (Å²) in [5.74, 6) is 0.705. The molecule has 0 aliphatic rings. The lowest BCUT2D eigenvalue weighted by Gasteiger charge is -2.06. The van der Waals surface area contributed by atoms with Crippen molar-refractivity contribution in [2.75, 3.05) is 0 Å². The van der Waals surface area contributed by atoms with E-state index in [2.05, 4.69) is 29.8 Å². The van der Waals surface area contributed by atoms with Gasteiger partial charge in [0.25, 0.3) is 0 Å². The Morgan fingerprint density at radius 2 is 1.42 bits per heavy atom. The number of halogens is 1. The normalized spacial score (nSPS) is 10.7. The summed E-state index contributed by atoms with van der Waals surface area (Å²) >= 11 is 3.37. The molecule has 0 bridgehead atoms. The average molecular weight is 317 g/mol. The highest BCUT2D eigenvalue weighted by atomic mass is 79.9. The quantitative estimate of drug-likeness (QED) is 0.735. The molecule has 19 heavy (non-hydrogen) atoms. The smallest absolute Gasteiger partial charge is 0.193 e. The van der Waals surface area contributed by atoms with Crippen molar-refractivity contribution in [3.63, 3.8) is 0 Å². The number of ketones is 1. The first-order chi connectivity index (χ1) is 9.06. The van der Waals surface area contributed by atoms with Crippen LogP contribution in [0.5, 0.6) is 0 Å². The van der Waals surface area contributed by atoms with E-state index in [0.29, 0.717) is 5.92 Å². The Balaban J connectivity index is 2.17. The number of rotatable bonds is 4. The minimum Gasteiger partial charge on any atom is -0.289 e. The van der Waals surface area contributed by atoms with Gasteiger partial charge in [0.1, 0.15) is 0 Å². The van der Waals surface area contributed by atoms with E-state index >= 15 is 0 Å². The zero-order valence-corrected chi connectivity index (χ0v) is 12.8. The maximum absolute atomic E-state index is 12.3. The number of hydrogen-bond acceptors (Lipinski definition) is 1. The van der Waals surface area contributed by atoms with E-state index in [0.717, 1.165) is 22.0 Å². The van der Waals surface area contributed by atoms with Crippen LogP contribution >= 0.6 is 15.9 Å². The molecular weight excluding hydrogens is 300 g/mol. The summed E-state index contributed by atoms with van der Waals surface area (Å²) in [7, 11) is 0. The zero-order chi connectivity index (χ0) is 13.8. The maximum Gasteiger partial charge on any atom is 0.193 e. The van der Waals surface area contributed by atoms with E-state index in [1.807, 2.05) is 48.5 Å². The summed E-state index contributed by atoms with van der Waals surface area (Å²) in [6, 6.07) is 15.4. The Labute approximate surface area is 122 Å². The molecule has 0 aliphatic heterocycles. The predicted molar refractivity (Wildman–Crippen MR) is 82.6 cm³/mol. The number of carbonyl (C=O) groups is 1. The van der Waals surface area contributed by atoms with Crippen molar-refractivity contribution in [3.8, 4) is 0 Å². The predicted octanol–water partition coefficient (Wildman–Crippen LogP) is 4.88. The third-order valence-electron chi connectivity index (χ3n) is 2.97. The van der Waals surface area contributed by atoms with Crippen LogP contribution in [-0.4, -0.2) is 5.78 Å². The molecule has 98 valence electrons. The van der Waals surface area contributed by atoms with Gasteiger partial charge in [-0.3, -0.25) is 4.79 Å². The number of carbonyl (C=O) groups excluding carboxylic acids is 1. The summed E-state index contributed by atoms with van der Waals surface area (Å²) in [6.07, 6.45) is 1.05. The van der Waals surface area contributed by atoms with E-state index in [1.165, 1.54) is 5.56 Å². The molecule has 0 aliphatic carbocycles. The van der Waals surface area contributed by atoms with Crippen LogP contribution in [0.2, 0.25) is 0 Å². The summed E-state index contributed by atoms with van der Waals surface area (Å²) in [4.78, 5) is 12.3. The molecular formula is C17H17BrO. The first kappa shape index (κ1) is 14.0. The standard InChI is InChI=1S/C17H17BrO/c1-12(2)11-13-3-5-14(6-4-13)17(19)15-7-9-16(18)10-8-15/h3-10,12H,11H2,1-2H3. The molecule has 2 rings (SSSR count). The molecule has 0 N–H and O–H groups in total. The molecule has 0 amide bonds. The van der Waals surface area contributed by atoms with Crippen molar-refractivity contribution in [1.29, 1.82) is 0 Å². The van der Waals surface area contributed by atoms with Gasteiger partial charge in [0.15, 0.2) is 5.78 Å². The summed E-state index contributed by atoms with van der Waals surface area (Å²) in [6.45, 7) is 4.39. The highest BCUT2D eigenvalue weighted by Crippen LogP contribution is 2.16. The third-order valence-corrected chi connectivity index (χ3v) is 3.50. The van der Waals surface area contributed by atoms with Gasteiger partial charge in [0.2, 0.25) is 0 Å². The summed E-state index contributed by atoms with van der Waals surface area (Å²) in [5, 5.41) is 0. The molecule has 2 aromatic carbocycles. The van der Waals surface area contributed by atoms with Gasteiger partial charge in [-0.15, -0.1) is 0 Å². The fraction of sp³-hybridized carbons (Fsp3) is 0.235. The first-order valence-corrected chi connectivity index (χ1v) is 7.25. The van der Waals surface area contributed by atoms with Crippen LogP contribution < -0.4 is 0 Å². The van der Waals surface area contributed by atoms with Crippen LogP contribution in [0, 0.1) is 5.92 Å². The summed E-state index contributed by atoms with van der Waals surface area (Å²) < 4.78 is 0.983. The Morgan fingerprint density at radius 3 is 1.89 bits per heavy atom. The van der Waals surface area contributed by atoms with Crippen molar-refractivity contribution >= 4 is 21.7 Å². The van der Waals surface area contributed by atoms with Crippen molar-refractivity contribution in [3.05, 3.63) is 69.7 Å². The van der Waals surface area contributed by atoms with E-state index < -0.39 is 0 Å². The Bertz CT molecular complexity index is 553. The van der Waals surface area contributed by atoms with Crippen molar-refractivity contribution < 1.29 is 4.79 Å². The average Bonchev–Trinajstić information content (AvgIpc) is 2.39. The second kappa shape index (κ2) is 6.16. The van der Waals surface area contributed by atoms with E-state index in [9.17, 15) is 4.79 Å². The molecule has 0 spiro atoms. The zero-order valence-electron chi connectivity index (χ0n) is 11.2. The van der Waals surface area contributed by atoms with Gasteiger partial charge in [-0.25, -0.2) is 0 Å². The lowest BCUT2D eigenvalue weighted by Crippen LogP contribution is -2.01. The van der Waals surface area contributed by atoms with Crippen molar-refractivity contribution in [1.82, 2.24) is 0 Å². The van der Waals surface area contributed by atoms with Gasteiger partial charge in [0.05, 0.1) is 0 Å². The maximum atomic E-state index is 12.3. The third kappa shape index (κ3) is 3.77. The van der Waals surface area contributed by atoms with Crippen LogP contribution in [0.3, 0.4) is 0 Å². The van der Waals surface area contributed by atoms with Crippen molar-refractivity contribution in [2.24, 2.45) is 5.92 Å². The van der Waals surface area contributed by atoms with Gasteiger partial charge >= 0.3 is 0 Å². The molecule has 0 saturated heterocycles. The largest absolute Gasteiger partial charge is 0.289 e. The van der Waals surface area contributed by atoms with E-state index in [-0.39, 0.29) is 5.78 Å². The number of hydrogen-bond donors (Lipinski definition) is 0. The molecule has 0 atom stereocenters. The topological polar surface area (TPSA) is 17.1 Å². The van der Waals surface area contributed by atoms with Crippen LogP contribution in [-0.2, 0) is 6.42 Å². The molecule has 0 heterocycles.